The molecule has 0 saturated carbocycles. The molecule has 1 fully saturated rings. The van der Waals surface area contributed by atoms with Crippen molar-refractivity contribution in [1.82, 2.24) is 0 Å². The second-order valence-corrected chi connectivity index (χ2v) is 4.05. The van der Waals surface area contributed by atoms with Crippen molar-refractivity contribution in [3.8, 4) is 5.75 Å². The van der Waals surface area contributed by atoms with Gasteiger partial charge in [0, 0.05) is 12.5 Å². The van der Waals surface area contributed by atoms with Crippen molar-refractivity contribution in [1.29, 1.82) is 0 Å². The molecule has 1 aromatic rings. The molecule has 1 aliphatic rings. The van der Waals surface area contributed by atoms with Crippen LogP contribution in [0.25, 0.3) is 0 Å². The lowest BCUT2D eigenvalue weighted by Gasteiger charge is -2.23. The summed E-state index contributed by atoms with van der Waals surface area (Å²) in [6.45, 7) is 0.660. The van der Waals surface area contributed by atoms with Crippen LogP contribution >= 0.6 is 0 Å². The molecular weight excluding hydrogens is 239 g/mol. The SMILES string of the molecule is COC(=O)c1ccc(OC2CCCCO2)cc1F. The van der Waals surface area contributed by atoms with Crippen molar-refractivity contribution in [3.05, 3.63) is 29.6 Å². The summed E-state index contributed by atoms with van der Waals surface area (Å²) < 4.78 is 29.0. The minimum atomic E-state index is -0.701. The Balaban J connectivity index is 2.06. The minimum Gasteiger partial charge on any atom is -0.465 e. The molecule has 18 heavy (non-hydrogen) atoms. The molecule has 4 nitrogen and oxygen atoms in total. The molecule has 0 N–H and O–H groups in total. The van der Waals surface area contributed by atoms with Crippen LogP contribution in [-0.2, 0) is 9.47 Å². The topological polar surface area (TPSA) is 44.8 Å². The molecule has 0 spiro atoms. The second-order valence-electron chi connectivity index (χ2n) is 4.05. The summed E-state index contributed by atoms with van der Waals surface area (Å²) in [5.41, 5.74) is -0.102. The van der Waals surface area contributed by atoms with Gasteiger partial charge in [-0.2, -0.15) is 0 Å². The lowest BCUT2D eigenvalue weighted by molar-refractivity contribution is -0.106. The second kappa shape index (κ2) is 5.82. The average Bonchev–Trinajstić information content (AvgIpc) is 2.39. The Morgan fingerprint density at radius 1 is 1.44 bits per heavy atom. The van der Waals surface area contributed by atoms with E-state index < -0.39 is 11.8 Å². The van der Waals surface area contributed by atoms with Crippen molar-refractivity contribution in [3.63, 3.8) is 0 Å². The van der Waals surface area contributed by atoms with Crippen LogP contribution in [0.3, 0.4) is 0 Å². The van der Waals surface area contributed by atoms with Gasteiger partial charge in [-0.3, -0.25) is 0 Å². The molecule has 1 saturated heterocycles. The minimum absolute atomic E-state index is 0.102. The zero-order valence-corrected chi connectivity index (χ0v) is 10.1. The lowest BCUT2D eigenvalue weighted by Crippen LogP contribution is -2.25. The van der Waals surface area contributed by atoms with Crippen molar-refractivity contribution in [2.75, 3.05) is 13.7 Å². The Kier molecular flexibility index (Phi) is 4.15. The summed E-state index contributed by atoms with van der Waals surface area (Å²) in [4.78, 5) is 11.2. The van der Waals surface area contributed by atoms with Crippen LogP contribution < -0.4 is 4.74 Å². The third-order valence-corrected chi connectivity index (χ3v) is 2.75. The van der Waals surface area contributed by atoms with E-state index in [-0.39, 0.29) is 11.9 Å². The van der Waals surface area contributed by atoms with E-state index in [1.165, 1.54) is 25.3 Å². The van der Waals surface area contributed by atoms with Crippen LogP contribution in [0.2, 0.25) is 0 Å². The number of hydrogen-bond donors (Lipinski definition) is 0. The van der Waals surface area contributed by atoms with Crippen LogP contribution in [-0.4, -0.2) is 26.0 Å². The first-order valence-electron chi connectivity index (χ1n) is 5.87. The first kappa shape index (κ1) is 12.8. The maximum absolute atomic E-state index is 13.6. The number of benzene rings is 1. The Morgan fingerprint density at radius 3 is 2.89 bits per heavy atom. The van der Waals surface area contributed by atoms with E-state index in [0.29, 0.717) is 12.4 Å². The number of hydrogen-bond acceptors (Lipinski definition) is 4. The highest BCUT2D eigenvalue weighted by Crippen LogP contribution is 2.22. The molecule has 1 unspecified atom stereocenters. The van der Waals surface area contributed by atoms with Gasteiger partial charge in [0.1, 0.15) is 11.6 Å². The molecule has 0 radical (unpaired) electrons. The fraction of sp³-hybridized carbons (Fsp3) is 0.462. The first-order chi connectivity index (χ1) is 8.70. The fourth-order valence-corrected chi connectivity index (χ4v) is 1.80. The van der Waals surface area contributed by atoms with Crippen LogP contribution in [0.15, 0.2) is 18.2 Å². The van der Waals surface area contributed by atoms with Crippen LogP contribution in [0.4, 0.5) is 4.39 Å². The number of carbonyl (C=O) groups excluding carboxylic acids is 1. The van der Waals surface area contributed by atoms with Gasteiger partial charge in [-0.15, -0.1) is 0 Å². The highest BCUT2D eigenvalue weighted by molar-refractivity contribution is 5.89. The molecule has 1 aliphatic heterocycles. The number of rotatable bonds is 3. The van der Waals surface area contributed by atoms with Gasteiger partial charge in [0.15, 0.2) is 6.29 Å². The standard InChI is InChI=1S/C13H15FO4/c1-16-13(15)10-6-5-9(8-11(10)14)18-12-4-2-3-7-17-12/h5-6,8,12H,2-4,7H2,1H3. The monoisotopic (exact) mass is 254 g/mol. The highest BCUT2D eigenvalue weighted by Gasteiger charge is 2.17. The number of halogens is 1. The average molecular weight is 254 g/mol. The van der Waals surface area contributed by atoms with E-state index in [1.807, 2.05) is 0 Å². The lowest BCUT2D eigenvalue weighted by atomic mass is 10.2. The maximum atomic E-state index is 13.6. The molecule has 1 aromatic carbocycles. The molecule has 2 rings (SSSR count). The molecule has 98 valence electrons. The molecule has 1 atom stereocenters. The van der Waals surface area contributed by atoms with Crippen molar-refractivity contribution < 1.29 is 23.4 Å². The number of methoxy groups -OCH3 is 1. The van der Waals surface area contributed by atoms with Crippen molar-refractivity contribution >= 4 is 5.97 Å². The zero-order chi connectivity index (χ0) is 13.0. The van der Waals surface area contributed by atoms with Crippen LogP contribution in [0.5, 0.6) is 5.75 Å². The van der Waals surface area contributed by atoms with E-state index in [9.17, 15) is 9.18 Å². The van der Waals surface area contributed by atoms with Gasteiger partial charge in [-0.05, 0) is 25.0 Å². The predicted molar refractivity (Wildman–Crippen MR) is 62.0 cm³/mol. The quantitative estimate of drug-likeness (QED) is 0.777. The predicted octanol–water partition coefficient (Wildman–Crippen LogP) is 2.52. The highest BCUT2D eigenvalue weighted by atomic mass is 19.1. The van der Waals surface area contributed by atoms with E-state index in [4.69, 9.17) is 9.47 Å². The summed E-state index contributed by atoms with van der Waals surface area (Å²) in [5, 5.41) is 0. The third-order valence-electron chi connectivity index (χ3n) is 2.75. The fourth-order valence-electron chi connectivity index (χ4n) is 1.80. The Bertz CT molecular complexity index is 427. The van der Waals surface area contributed by atoms with E-state index in [1.54, 1.807) is 0 Å². The van der Waals surface area contributed by atoms with Gasteiger partial charge < -0.3 is 14.2 Å². The van der Waals surface area contributed by atoms with Crippen molar-refractivity contribution in [2.45, 2.75) is 25.6 Å². The Morgan fingerprint density at radius 2 is 2.28 bits per heavy atom. The van der Waals surface area contributed by atoms with Crippen LogP contribution in [0.1, 0.15) is 29.6 Å². The number of esters is 1. The number of ether oxygens (including phenoxy) is 3. The summed E-state index contributed by atoms with van der Waals surface area (Å²) in [7, 11) is 1.21. The van der Waals surface area contributed by atoms with E-state index >= 15 is 0 Å². The largest absolute Gasteiger partial charge is 0.465 e. The van der Waals surface area contributed by atoms with Gasteiger partial charge in [0.2, 0.25) is 0 Å². The molecule has 0 amide bonds. The number of carbonyl (C=O) groups is 1. The van der Waals surface area contributed by atoms with E-state index in [0.717, 1.165) is 19.3 Å². The molecule has 0 aliphatic carbocycles. The zero-order valence-electron chi connectivity index (χ0n) is 10.1. The summed E-state index contributed by atoms with van der Waals surface area (Å²) in [6, 6.07) is 4.05. The summed E-state index contributed by atoms with van der Waals surface area (Å²) in [5.74, 6) is -1.00. The van der Waals surface area contributed by atoms with Gasteiger partial charge in [-0.1, -0.05) is 0 Å². The third kappa shape index (κ3) is 2.98. The first-order valence-corrected chi connectivity index (χ1v) is 5.87. The maximum Gasteiger partial charge on any atom is 0.340 e. The molecule has 0 bridgehead atoms. The Hall–Kier alpha value is -1.62. The summed E-state index contributed by atoms with van der Waals surface area (Å²) >= 11 is 0. The molecule has 1 heterocycles. The molecule has 5 heteroatoms. The van der Waals surface area contributed by atoms with Crippen molar-refractivity contribution in [2.24, 2.45) is 0 Å². The van der Waals surface area contributed by atoms with Gasteiger partial charge >= 0.3 is 5.97 Å². The van der Waals surface area contributed by atoms with Gasteiger partial charge in [0.25, 0.3) is 0 Å². The van der Waals surface area contributed by atoms with Gasteiger partial charge in [-0.25, -0.2) is 9.18 Å². The smallest absolute Gasteiger partial charge is 0.340 e. The van der Waals surface area contributed by atoms with E-state index in [2.05, 4.69) is 4.74 Å². The van der Waals surface area contributed by atoms with Gasteiger partial charge in [0.05, 0.1) is 19.3 Å². The normalized spacial score (nSPS) is 19.3. The summed E-state index contributed by atoms with van der Waals surface area (Å²) in [6.07, 6.45) is 2.52. The Labute approximate surface area is 105 Å². The molecule has 0 aromatic heterocycles. The molecular formula is C13H15FO4. The van der Waals surface area contributed by atoms with Crippen LogP contribution in [0, 0.1) is 5.82 Å².